The number of carbonyl (C=O) groups excluding carboxylic acids is 2. The maximum atomic E-state index is 12.0. The molecule has 0 bridgehead atoms. The van der Waals surface area contributed by atoms with Gasteiger partial charge in [0.15, 0.2) is 0 Å². The second-order valence-corrected chi connectivity index (χ2v) is 4.44. The van der Waals surface area contributed by atoms with Crippen molar-refractivity contribution in [3.05, 3.63) is 0 Å². The lowest BCUT2D eigenvalue weighted by Crippen LogP contribution is -2.43. The average Bonchev–Trinajstić information content (AvgIpc) is 2.44. The van der Waals surface area contributed by atoms with Crippen LogP contribution >= 0.6 is 0 Å². The number of rotatable bonds is 1. The van der Waals surface area contributed by atoms with Crippen LogP contribution in [0, 0.1) is 5.41 Å². The fourth-order valence-corrected chi connectivity index (χ4v) is 2.39. The highest BCUT2D eigenvalue weighted by Gasteiger charge is 2.52. The number of hydrogen-bond acceptors (Lipinski definition) is 4. The van der Waals surface area contributed by atoms with E-state index < -0.39 is 5.41 Å². The van der Waals surface area contributed by atoms with Crippen LogP contribution < -0.4 is 0 Å². The summed E-state index contributed by atoms with van der Waals surface area (Å²) < 4.78 is 0. The number of likely N-dealkylation sites (tertiary alicyclic amines) is 1. The van der Waals surface area contributed by atoms with Crippen molar-refractivity contribution in [2.45, 2.75) is 19.3 Å². The van der Waals surface area contributed by atoms with E-state index in [2.05, 4.69) is 4.90 Å². The van der Waals surface area contributed by atoms with E-state index in [0.29, 0.717) is 6.42 Å². The van der Waals surface area contributed by atoms with E-state index in [1.54, 1.807) is 0 Å². The lowest BCUT2D eigenvalue weighted by atomic mass is 9.77. The molecule has 2 saturated heterocycles. The number of amides is 2. The molecule has 0 aromatic carbocycles. The summed E-state index contributed by atoms with van der Waals surface area (Å²) in [4.78, 5) is 30.5. The normalized spacial score (nSPS) is 26.7. The largest absolute Gasteiger partial charge is 0.306 e. The number of hydrogen-bond donors (Lipinski definition) is 0. The van der Waals surface area contributed by atoms with Gasteiger partial charge in [-0.25, -0.2) is 0 Å². The van der Waals surface area contributed by atoms with E-state index in [1.165, 1.54) is 7.11 Å². The number of piperidine rings is 1. The summed E-state index contributed by atoms with van der Waals surface area (Å²) >= 11 is 0. The van der Waals surface area contributed by atoms with Crippen molar-refractivity contribution in [1.29, 1.82) is 0 Å². The molecular formula is C10H16N2O3. The third-order valence-corrected chi connectivity index (χ3v) is 3.48. The smallest absolute Gasteiger partial charge is 0.260 e. The second-order valence-electron chi connectivity index (χ2n) is 4.44. The highest BCUT2D eigenvalue weighted by Crippen LogP contribution is 2.41. The molecule has 0 unspecified atom stereocenters. The predicted molar refractivity (Wildman–Crippen MR) is 52.6 cm³/mol. The van der Waals surface area contributed by atoms with Crippen molar-refractivity contribution >= 4 is 11.8 Å². The summed E-state index contributed by atoms with van der Waals surface area (Å²) in [5, 5.41) is 0.922. The average molecular weight is 212 g/mol. The maximum Gasteiger partial charge on any atom is 0.260 e. The lowest BCUT2D eigenvalue weighted by Gasteiger charge is -2.35. The minimum atomic E-state index is -0.473. The van der Waals surface area contributed by atoms with E-state index in [4.69, 9.17) is 4.84 Å². The summed E-state index contributed by atoms with van der Waals surface area (Å²) in [5.74, 6) is -0.352. The minimum absolute atomic E-state index is 0.150. The van der Waals surface area contributed by atoms with E-state index >= 15 is 0 Å². The zero-order chi connectivity index (χ0) is 11.1. The Morgan fingerprint density at radius 2 is 1.87 bits per heavy atom. The maximum absolute atomic E-state index is 12.0. The fraction of sp³-hybridized carbons (Fsp3) is 0.800. The molecule has 2 aliphatic heterocycles. The molecule has 0 saturated carbocycles. The van der Waals surface area contributed by atoms with Crippen molar-refractivity contribution in [3.8, 4) is 0 Å². The SMILES string of the molecule is CON1C(=O)CC2(CCN(C)CC2)C1=O. The van der Waals surface area contributed by atoms with Gasteiger partial charge in [0.1, 0.15) is 0 Å². The van der Waals surface area contributed by atoms with Gasteiger partial charge in [-0.3, -0.25) is 14.4 Å². The zero-order valence-electron chi connectivity index (χ0n) is 9.15. The van der Waals surface area contributed by atoms with Gasteiger partial charge in [0.2, 0.25) is 0 Å². The van der Waals surface area contributed by atoms with Gasteiger partial charge < -0.3 is 4.90 Å². The zero-order valence-corrected chi connectivity index (χ0v) is 9.15. The van der Waals surface area contributed by atoms with Gasteiger partial charge in [0.25, 0.3) is 11.8 Å². The van der Waals surface area contributed by atoms with Crippen molar-refractivity contribution in [2.75, 3.05) is 27.2 Å². The Kier molecular flexibility index (Phi) is 2.52. The Morgan fingerprint density at radius 3 is 2.33 bits per heavy atom. The first-order chi connectivity index (χ1) is 7.09. The summed E-state index contributed by atoms with van der Waals surface area (Å²) in [6.07, 6.45) is 1.83. The van der Waals surface area contributed by atoms with Gasteiger partial charge in [0.05, 0.1) is 12.5 Å². The van der Waals surface area contributed by atoms with Gasteiger partial charge >= 0.3 is 0 Å². The van der Waals surface area contributed by atoms with Crippen LogP contribution in [0.2, 0.25) is 0 Å². The molecule has 5 nitrogen and oxygen atoms in total. The molecule has 0 aromatic heterocycles. The van der Waals surface area contributed by atoms with E-state index in [-0.39, 0.29) is 11.8 Å². The number of hydroxylamine groups is 2. The Bertz CT molecular complexity index is 295. The van der Waals surface area contributed by atoms with Crippen molar-refractivity contribution < 1.29 is 14.4 Å². The van der Waals surface area contributed by atoms with Crippen molar-refractivity contribution in [2.24, 2.45) is 5.41 Å². The molecule has 1 spiro atoms. The van der Waals surface area contributed by atoms with Crippen LogP contribution in [0.1, 0.15) is 19.3 Å². The van der Waals surface area contributed by atoms with E-state index in [9.17, 15) is 9.59 Å². The molecule has 2 aliphatic rings. The Morgan fingerprint density at radius 1 is 1.27 bits per heavy atom. The molecule has 0 atom stereocenters. The van der Waals surface area contributed by atoms with Gasteiger partial charge in [0, 0.05) is 6.42 Å². The first-order valence-corrected chi connectivity index (χ1v) is 5.19. The van der Waals surface area contributed by atoms with Crippen LogP contribution in [0.3, 0.4) is 0 Å². The summed E-state index contributed by atoms with van der Waals surface area (Å²) in [7, 11) is 3.39. The van der Waals surface area contributed by atoms with Gasteiger partial charge in [-0.2, -0.15) is 5.06 Å². The first kappa shape index (κ1) is 10.6. The van der Waals surface area contributed by atoms with Crippen LogP contribution in [0.5, 0.6) is 0 Å². The molecule has 0 aromatic rings. The molecule has 2 rings (SSSR count). The van der Waals surface area contributed by atoms with E-state index in [0.717, 1.165) is 31.0 Å². The predicted octanol–water partition coefficient (Wildman–Crippen LogP) is 0.0187. The molecule has 15 heavy (non-hydrogen) atoms. The van der Waals surface area contributed by atoms with Crippen LogP contribution in [0.4, 0.5) is 0 Å². The standard InChI is InChI=1S/C10H16N2O3/c1-11-5-3-10(4-6-11)7-8(13)12(15-2)9(10)14/h3-7H2,1-2H3. The molecular weight excluding hydrogens is 196 g/mol. The molecule has 0 aliphatic carbocycles. The van der Waals surface area contributed by atoms with Gasteiger partial charge in [-0.1, -0.05) is 0 Å². The third kappa shape index (κ3) is 1.55. The highest BCUT2D eigenvalue weighted by atomic mass is 16.7. The number of carbonyl (C=O) groups is 2. The molecule has 5 heteroatoms. The van der Waals surface area contributed by atoms with Gasteiger partial charge in [-0.05, 0) is 33.0 Å². The lowest BCUT2D eigenvalue weighted by molar-refractivity contribution is -0.183. The first-order valence-electron chi connectivity index (χ1n) is 5.19. The second kappa shape index (κ2) is 3.57. The Hall–Kier alpha value is -0.940. The molecule has 2 amide bonds. The fourth-order valence-electron chi connectivity index (χ4n) is 2.39. The van der Waals surface area contributed by atoms with E-state index in [1.807, 2.05) is 7.05 Å². The quantitative estimate of drug-likeness (QED) is 0.575. The highest BCUT2D eigenvalue weighted by molar-refractivity contribution is 6.04. The van der Waals surface area contributed by atoms with Crippen molar-refractivity contribution in [3.63, 3.8) is 0 Å². The Labute approximate surface area is 88.9 Å². The summed E-state index contributed by atoms with van der Waals surface area (Å²) in [6.45, 7) is 1.74. The number of imide groups is 1. The van der Waals surface area contributed by atoms with Crippen LogP contribution in [-0.4, -0.2) is 49.0 Å². The van der Waals surface area contributed by atoms with Crippen molar-refractivity contribution in [1.82, 2.24) is 9.96 Å². The molecule has 2 fully saturated rings. The van der Waals surface area contributed by atoms with Crippen LogP contribution in [0.25, 0.3) is 0 Å². The van der Waals surface area contributed by atoms with Crippen LogP contribution in [-0.2, 0) is 14.4 Å². The summed E-state index contributed by atoms with van der Waals surface area (Å²) in [6, 6.07) is 0. The third-order valence-electron chi connectivity index (χ3n) is 3.48. The molecule has 0 radical (unpaired) electrons. The minimum Gasteiger partial charge on any atom is -0.306 e. The van der Waals surface area contributed by atoms with Gasteiger partial charge in [-0.15, -0.1) is 0 Å². The molecule has 0 N–H and O–H groups in total. The topological polar surface area (TPSA) is 49.9 Å². The van der Waals surface area contributed by atoms with Crippen LogP contribution in [0.15, 0.2) is 0 Å². The molecule has 2 heterocycles. The monoisotopic (exact) mass is 212 g/mol. The molecule has 84 valence electrons. The Balaban J connectivity index is 2.17. The number of nitrogens with zero attached hydrogens (tertiary/aromatic N) is 2. The summed E-state index contributed by atoms with van der Waals surface area (Å²) in [5.41, 5.74) is -0.473.